The molecule has 3 aromatic rings. The summed E-state index contributed by atoms with van der Waals surface area (Å²) in [4.78, 5) is 21.1. The number of amides is 1. The molecule has 29 heavy (non-hydrogen) atoms. The van der Waals surface area contributed by atoms with Gasteiger partial charge in [0.2, 0.25) is 0 Å². The highest BCUT2D eigenvalue weighted by molar-refractivity contribution is 8.00. The van der Waals surface area contributed by atoms with Crippen molar-refractivity contribution in [2.75, 3.05) is 5.75 Å². The molecule has 1 unspecified atom stereocenters. The lowest BCUT2D eigenvalue weighted by Crippen LogP contribution is -2.24. The Morgan fingerprint density at radius 3 is 2.48 bits per heavy atom. The van der Waals surface area contributed by atoms with Crippen molar-refractivity contribution in [3.05, 3.63) is 84.3 Å². The van der Waals surface area contributed by atoms with Crippen LogP contribution in [0.25, 0.3) is 0 Å². The van der Waals surface area contributed by atoms with Crippen LogP contribution in [-0.4, -0.2) is 35.3 Å². The van der Waals surface area contributed by atoms with Gasteiger partial charge in [-0.25, -0.2) is 13.4 Å². The van der Waals surface area contributed by atoms with Gasteiger partial charge in [-0.3, -0.25) is 9.78 Å². The number of hydrogen-bond acceptors (Lipinski definition) is 6. The van der Waals surface area contributed by atoms with E-state index in [0.29, 0.717) is 27.8 Å². The van der Waals surface area contributed by atoms with E-state index >= 15 is 0 Å². The summed E-state index contributed by atoms with van der Waals surface area (Å²) >= 11 is 1.27. The highest BCUT2D eigenvalue weighted by atomic mass is 32.2. The molecular formula is C21H21N3O3S2. The van der Waals surface area contributed by atoms with Gasteiger partial charge in [0.15, 0.2) is 9.84 Å². The first-order chi connectivity index (χ1) is 14.0. The predicted octanol–water partition coefficient (Wildman–Crippen LogP) is 3.36. The first kappa shape index (κ1) is 21.0. The summed E-state index contributed by atoms with van der Waals surface area (Å²) in [7, 11) is -3.44. The number of carbonyl (C=O) groups excluding carboxylic acids is 1. The standard InChI is InChI=1S/C21H21N3O3S2/c1-16(29(26,27)18-6-3-2-4-7-18)15-28-21-19(8-5-11-23-21)20(25)24-14-17-9-12-22-13-10-17/h2-13,16H,14-15H2,1H3,(H,24,25). The van der Waals surface area contributed by atoms with E-state index in [4.69, 9.17) is 0 Å². The Labute approximate surface area is 174 Å². The van der Waals surface area contributed by atoms with Crippen molar-refractivity contribution in [2.45, 2.75) is 28.6 Å². The van der Waals surface area contributed by atoms with E-state index in [1.54, 1.807) is 68.0 Å². The summed E-state index contributed by atoms with van der Waals surface area (Å²) in [6.45, 7) is 2.04. The van der Waals surface area contributed by atoms with E-state index < -0.39 is 15.1 Å². The molecule has 0 aliphatic carbocycles. The van der Waals surface area contributed by atoms with Crippen LogP contribution in [0, 0.1) is 0 Å². The molecule has 8 heteroatoms. The Balaban J connectivity index is 1.67. The van der Waals surface area contributed by atoms with Gasteiger partial charge in [-0.15, -0.1) is 11.8 Å². The minimum atomic E-state index is -3.44. The Morgan fingerprint density at radius 2 is 1.76 bits per heavy atom. The fourth-order valence-electron chi connectivity index (χ4n) is 2.59. The van der Waals surface area contributed by atoms with Crippen molar-refractivity contribution in [3.63, 3.8) is 0 Å². The van der Waals surface area contributed by atoms with Gasteiger partial charge in [-0.05, 0) is 48.9 Å². The topological polar surface area (TPSA) is 89.0 Å². The molecular weight excluding hydrogens is 406 g/mol. The molecule has 0 bridgehead atoms. The summed E-state index contributed by atoms with van der Waals surface area (Å²) in [6.07, 6.45) is 4.93. The molecule has 0 aliphatic rings. The van der Waals surface area contributed by atoms with E-state index in [-0.39, 0.29) is 5.91 Å². The zero-order chi connectivity index (χ0) is 20.7. The maximum absolute atomic E-state index is 12.7. The Morgan fingerprint density at radius 1 is 1.03 bits per heavy atom. The largest absolute Gasteiger partial charge is 0.348 e. The fourth-order valence-corrected chi connectivity index (χ4v) is 5.35. The van der Waals surface area contributed by atoms with Crippen molar-refractivity contribution >= 4 is 27.5 Å². The lowest BCUT2D eigenvalue weighted by atomic mass is 10.2. The molecule has 2 heterocycles. The zero-order valence-corrected chi connectivity index (χ0v) is 17.5. The Bertz CT molecular complexity index is 1060. The molecule has 1 N–H and O–H groups in total. The Kier molecular flexibility index (Phi) is 7.00. The van der Waals surface area contributed by atoms with Crippen LogP contribution >= 0.6 is 11.8 Å². The maximum atomic E-state index is 12.7. The smallest absolute Gasteiger partial charge is 0.254 e. The minimum absolute atomic E-state index is 0.254. The van der Waals surface area contributed by atoms with Gasteiger partial charge < -0.3 is 5.32 Å². The van der Waals surface area contributed by atoms with Gasteiger partial charge in [0, 0.05) is 30.9 Å². The van der Waals surface area contributed by atoms with Crippen molar-refractivity contribution < 1.29 is 13.2 Å². The number of pyridine rings is 2. The number of rotatable bonds is 8. The monoisotopic (exact) mass is 427 g/mol. The molecule has 1 aromatic carbocycles. The highest BCUT2D eigenvalue weighted by Crippen LogP contribution is 2.25. The van der Waals surface area contributed by atoms with Crippen molar-refractivity contribution in [3.8, 4) is 0 Å². The van der Waals surface area contributed by atoms with Gasteiger partial charge in [-0.2, -0.15) is 0 Å². The SMILES string of the molecule is CC(CSc1ncccc1C(=O)NCc1ccncc1)S(=O)(=O)c1ccccc1. The van der Waals surface area contributed by atoms with Crippen LogP contribution in [0.1, 0.15) is 22.8 Å². The minimum Gasteiger partial charge on any atom is -0.348 e. The van der Waals surface area contributed by atoms with Crippen LogP contribution in [0.2, 0.25) is 0 Å². The number of thioether (sulfide) groups is 1. The molecule has 2 aromatic heterocycles. The number of nitrogens with one attached hydrogen (secondary N) is 1. The lowest BCUT2D eigenvalue weighted by Gasteiger charge is -2.14. The van der Waals surface area contributed by atoms with Gasteiger partial charge in [0.05, 0.1) is 15.7 Å². The summed E-state index contributed by atoms with van der Waals surface area (Å²) < 4.78 is 25.4. The fraction of sp³-hybridized carbons (Fsp3) is 0.190. The van der Waals surface area contributed by atoms with Crippen LogP contribution in [0.4, 0.5) is 0 Å². The molecule has 3 rings (SSSR count). The maximum Gasteiger partial charge on any atom is 0.254 e. The summed E-state index contributed by atoms with van der Waals surface area (Å²) in [5.41, 5.74) is 1.37. The van der Waals surface area contributed by atoms with Crippen molar-refractivity contribution in [2.24, 2.45) is 0 Å². The second-order valence-electron chi connectivity index (χ2n) is 6.37. The zero-order valence-electron chi connectivity index (χ0n) is 15.9. The quantitative estimate of drug-likeness (QED) is 0.555. The molecule has 0 aliphatic heterocycles. The number of benzene rings is 1. The number of sulfone groups is 1. The Hall–Kier alpha value is -2.71. The summed E-state index contributed by atoms with van der Waals surface area (Å²) in [5.74, 6) is 0.0368. The molecule has 0 saturated carbocycles. The van der Waals surface area contributed by atoms with Gasteiger partial charge in [-0.1, -0.05) is 18.2 Å². The van der Waals surface area contributed by atoms with Crippen molar-refractivity contribution in [1.29, 1.82) is 0 Å². The molecule has 0 fully saturated rings. The molecule has 150 valence electrons. The summed E-state index contributed by atoms with van der Waals surface area (Å²) in [5, 5.41) is 2.75. The summed E-state index contributed by atoms with van der Waals surface area (Å²) in [6, 6.07) is 15.4. The molecule has 1 atom stereocenters. The average Bonchev–Trinajstić information content (AvgIpc) is 2.77. The van der Waals surface area contributed by atoms with Crippen LogP contribution < -0.4 is 5.32 Å². The molecule has 0 radical (unpaired) electrons. The van der Waals surface area contributed by atoms with Crippen molar-refractivity contribution in [1.82, 2.24) is 15.3 Å². The second kappa shape index (κ2) is 9.67. The van der Waals surface area contributed by atoms with Crippen LogP contribution in [0.5, 0.6) is 0 Å². The lowest BCUT2D eigenvalue weighted by molar-refractivity contribution is 0.0947. The second-order valence-corrected chi connectivity index (χ2v) is 9.75. The normalized spacial score (nSPS) is 12.3. The van der Waals surface area contributed by atoms with E-state index in [1.807, 2.05) is 12.1 Å². The number of nitrogens with zero attached hydrogens (tertiary/aromatic N) is 2. The average molecular weight is 428 g/mol. The van der Waals surface area contributed by atoms with Gasteiger partial charge in [0.25, 0.3) is 5.91 Å². The van der Waals surface area contributed by atoms with Crippen LogP contribution in [0.15, 0.2) is 83.1 Å². The molecule has 6 nitrogen and oxygen atoms in total. The number of hydrogen-bond donors (Lipinski definition) is 1. The van der Waals surface area contributed by atoms with Crippen LogP contribution in [0.3, 0.4) is 0 Å². The third-order valence-corrected chi connectivity index (χ3v) is 7.91. The molecule has 1 amide bonds. The first-order valence-corrected chi connectivity index (χ1v) is 11.6. The molecule has 0 spiro atoms. The number of carbonyl (C=O) groups is 1. The van der Waals surface area contributed by atoms with E-state index in [9.17, 15) is 13.2 Å². The van der Waals surface area contributed by atoms with E-state index in [1.165, 1.54) is 11.8 Å². The molecule has 0 saturated heterocycles. The van der Waals surface area contributed by atoms with E-state index in [2.05, 4.69) is 15.3 Å². The van der Waals surface area contributed by atoms with Gasteiger partial charge in [0.1, 0.15) is 5.03 Å². The highest BCUT2D eigenvalue weighted by Gasteiger charge is 2.24. The third kappa shape index (κ3) is 5.42. The number of aromatic nitrogens is 2. The first-order valence-electron chi connectivity index (χ1n) is 9.02. The van der Waals surface area contributed by atoms with Crippen LogP contribution in [-0.2, 0) is 16.4 Å². The van der Waals surface area contributed by atoms with E-state index in [0.717, 1.165) is 5.56 Å². The predicted molar refractivity (Wildman–Crippen MR) is 113 cm³/mol. The third-order valence-electron chi connectivity index (χ3n) is 4.27. The van der Waals surface area contributed by atoms with Gasteiger partial charge >= 0.3 is 0 Å².